The SMILES string of the molecule is COC(=O)C1=C(CF)NC(COCCNc2n[nH]c(N)n2)=C(C(=O)OCC(Cl)(Cl)Cl)C1c1ccccc1Cl. The highest BCUT2D eigenvalue weighted by atomic mass is 35.6. The van der Waals surface area contributed by atoms with Crippen LogP contribution in [0.1, 0.15) is 11.5 Å². The zero-order valence-corrected chi connectivity index (χ0v) is 22.8. The summed E-state index contributed by atoms with van der Waals surface area (Å²) >= 11 is 23.7. The standard InChI is InChI=1S/C22H23Cl4FN6O5/c1-36-18(34)16-13(8-27)30-14(9-37-7-6-29-21-31-20(28)32-33-21)17(19(35)38-10-22(24,25)26)15(16)11-4-2-3-5-12(11)23/h2-5,15,30H,6-10H2,1H3,(H4,28,29,31,32,33). The second kappa shape index (κ2) is 13.3. The van der Waals surface area contributed by atoms with Gasteiger partial charge in [-0.25, -0.2) is 19.1 Å². The average Bonchev–Trinajstić information content (AvgIpc) is 3.30. The van der Waals surface area contributed by atoms with Crippen LogP contribution in [0.5, 0.6) is 0 Å². The molecule has 2 aromatic rings. The lowest BCUT2D eigenvalue weighted by molar-refractivity contribution is -0.139. The van der Waals surface area contributed by atoms with Crippen molar-refractivity contribution in [2.75, 3.05) is 51.2 Å². The number of H-pyrrole nitrogens is 1. The number of carbonyl (C=O) groups is 2. The molecule has 5 N–H and O–H groups in total. The molecule has 0 bridgehead atoms. The van der Waals surface area contributed by atoms with Crippen molar-refractivity contribution in [3.8, 4) is 0 Å². The van der Waals surface area contributed by atoms with Gasteiger partial charge in [-0.15, -0.1) is 5.10 Å². The minimum absolute atomic E-state index is 0.0975. The number of alkyl halides is 4. The summed E-state index contributed by atoms with van der Waals surface area (Å²) in [6, 6.07) is 6.46. The maximum Gasteiger partial charge on any atom is 0.337 e. The molecule has 1 atom stereocenters. The predicted molar refractivity (Wildman–Crippen MR) is 141 cm³/mol. The van der Waals surface area contributed by atoms with Gasteiger partial charge in [-0.2, -0.15) is 4.98 Å². The van der Waals surface area contributed by atoms with Crippen LogP contribution in [-0.4, -0.2) is 71.1 Å². The second-order valence-corrected chi connectivity index (χ2v) is 10.6. The van der Waals surface area contributed by atoms with E-state index in [1.807, 2.05) is 0 Å². The number of allylic oxidation sites excluding steroid dienone is 1. The van der Waals surface area contributed by atoms with E-state index in [2.05, 4.69) is 25.8 Å². The number of nitrogens with zero attached hydrogens (tertiary/aromatic N) is 2. The number of carbonyl (C=O) groups excluding carboxylic acids is 2. The first-order chi connectivity index (χ1) is 18.1. The first-order valence-corrected chi connectivity index (χ1v) is 12.4. The van der Waals surface area contributed by atoms with Crippen molar-refractivity contribution in [2.24, 2.45) is 0 Å². The first kappa shape index (κ1) is 29.8. The molecule has 1 aliphatic rings. The molecule has 1 unspecified atom stereocenters. The molecule has 1 aromatic heterocycles. The fourth-order valence-electron chi connectivity index (χ4n) is 3.63. The Labute approximate surface area is 236 Å². The predicted octanol–water partition coefficient (Wildman–Crippen LogP) is 3.42. The van der Waals surface area contributed by atoms with E-state index in [0.29, 0.717) is 5.56 Å². The van der Waals surface area contributed by atoms with Crippen LogP contribution in [0, 0.1) is 0 Å². The first-order valence-electron chi connectivity index (χ1n) is 10.9. The second-order valence-electron chi connectivity index (χ2n) is 7.70. The molecule has 16 heteroatoms. The Bertz CT molecular complexity index is 1230. The number of aromatic nitrogens is 3. The van der Waals surface area contributed by atoms with Gasteiger partial charge in [0.1, 0.15) is 13.3 Å². The van der Waals surface area contributed by atoms with Gasteiger partial charge < -0.3 is 30.6 Å². The maximum absolute atomic E-state index is 14.2. The molecular formula is C22H23Cl4FN6O5. The van der Waals surface area contributed by atoms with Crippen LogP contribution in [-0.2, 0) is 23.8 Å². The zero-order chi connectivity index (χ0) is 27.9. The van der Waals surface area contributed by atoms with Crippen LogP contribution in [0.4, 0.5) is 16.3 Å². The molecule has 0 saturated heterocycles. The van der Waals surface area contributed by atoms with Gasteiger partial charge in [0, 0.05) is 11.6 Å². The summed E-state index contributed by atoms with van der Waals surface area (Å²) in [5.74, 6) is -2.60. The molecule has 1 aliphatic heterocycles. The Hall–Kier alpha value is -2.77. The molecule has 0 amide bonds. The van der Waals surface area contributed by atoms with Crippen LogP contribution in [0.2, 0.25) is 5.02 Å². The number of nitrogens with one attached hydrogen (secondary N) is 3. The van der Waals surface area contributed by atoms with Crippen molar-refractivity contribution in [3.63, 3.8) is 0 Å². The fourth-order valence-corrected chi connectivity index (χ4v) is 4.04. The molecule has 0 radical (unpaired) electrons. The summed E-state index contributed by atoms with van der Waals surface area (Å²) in [6.07, 6.45) is 0. The van der Waals surface area contributed by atoms with E-state index in [1.165, 1.54) is 0 Å². The van der Waals surface area contributed by atoms with E-state index < -0.39 is 34.9 Å². The summed E-state index contributed by atoms with van der Waals surface area (Å²) in [5, 5.41) is 12.2. The number of aromatic amines is 1. The normalized spacial score (nSPS) is 15.8. The topological polar surface area (TPSA) is 153 Å². The number of esters is 2. The maximum atomic E-state index is 14.2. The van der Waals surface area contributed by atoms with Crippen LogP contribution in [0.15, 0.2) is 46.8 Å². The Morgan fingerprint density at radius 3 is 2.50 bits per heavy atom. The summed E-state index contributed by atoms with van der Waals surface area (Å²) in [7, 11) is 1.13. The largest absolute Gasteiger partial charge is 0.466 e. The third kappa shape index (κ3) is 7.64. The van der Waals surface area contributed by atoms with Crippen LogP contribution in [0.3, 0.4) is 0 Å². The molecule has 3 rings (SSSR count). The van der Waals surface area contributed by atoms with Crippen molar-refractivity contribution in [1.29, 1.82) is 0 Å². The van der Waals surface area contributed by atoms with E-state index in [4.69, 9.17) is 66.3 Å². The van der Waals surface area contributed by atoms with Crippen LogP contribution < -0.4 is 16.4 Å². The van der Waals surface area contributed by atoms with Gasteiger partial charge in [0.05, 0.1) is 48.8 Å². The summed E-state index contributed by atoms with van der Waals surface area (Å²) in [4.78, 5) is 30.1. The van der Waals surface area contributed by atoms with Crippen molar-refractivity contribution in [2.45, 2.75) is 9.71 Å². The Kier molecular flexibility index (Phi) is 10.5. The van der Waals surface area contributed by atoms with E-state index >= 15 is 0 Å². The van der Waals surface area contributed by atoms with Crippen molar-refractivity contribution in [1.82, 2.24) is 20.5 Å². The van der Waals surface area contributed by atoms with Gasteiger partial charge in [0.25, 0.3) is 0 Å². The molecule has 0 fully saturated rings. The molecule has 0 saturated carbocycles. The number of methoxy groups -OCH3 is 1. The van der Waals surface area contributed by atoms with Gasteiger partial charge in [-0.3, -0.25) is 0 Å². The number of nitrogen functional groups attached to an aromatic ring is 1. The average molecular weight is 612 g/mol. The number of anilines is 2. The molecule has 0 aliphatic carbocycles. The number of ether oxygens (including phenoxy) is 3. The van der Waals surface area contributed by atoms with Gasteiger partial charge in [0.15, 0.2) is 0 Å². The third-order valence-corrected chi connectivity index (χ3v) is 5.82. The third-order valence-electron chi connectivity index (χ3n) is 5.15. The van der Waals surface area contributed by atoms with Gasteiger partial charge in [0.2, 0.25) is 15.7 Å². The number of benzene rings is 1. The highest BCUT2D eigenvalue weighted by Crippen LogP contribution is 2.42. The lowest BCUT2D eigenvalue weighted by atomic mass is 9.80. The van der Waals surface area contributed by atoms with E-state index in [0.717, 1.165) is 7.11 Å². The zero-order valence-electron chi connectivity index (χ0n) is 19.8. The highest BCUT2D eigenvalue weighted by molar-refractivity contribution is 6.67. The van der Waals surface area contributed by atoms with Gasteiger partial charge >= 0.3 is 11.9 Å². The quantitative estimate of drug-likeness (QED) is 0.169. The molecule has 206 valence electrons. The molecule has 1 aromatic carbocycles. The van der Waals surface area contributed by atoms with Gasteiger partial charge in [-0.05, 0) is 11.6 Å². The van der Waals surface area contributed by atoms with Crippen molar-refractivity contribution < 1.29 is 28.2 Å². The van der Waals surface area contributed by atoms with Crippen LogP contribution >= 0.6 is 46.4 Å². The van der Waals surface area contributed by atoms with E-state index in [9.17, 15) is 14.0 Å². The lowest BCUT2D eigenvalue weighted by Gasteiger charge is -2.32. The van der Waals surface area contributed by atoms with Gasteiger partial charge in [-0.1, -0.05) is 64.6 Å². The Balaban J connectivity index is 1.97. The van der Waals surface area contributed by atoms with Crippen LogP contribution in [0.25, 0.3) is 0 Å². The van der Waals surface area contributed by atoms with E-state index in [1.54, 1.807) is 24.3 Å². The van der Waals surface area contributed by atoms with Crippen molar-refractivity contribution in [3.05, 3.63) is 57.4 Å². The number of rotatable bonds is 11. The Morgan fingerprint density at radius 2 is 1.89 bits per heavy atom. The smallest absolute Gasteiger partial charge is 0.337 e. The highest BCUT2D eigenvalue weighted by Gasteiger charge is 2.41. The lowest BCUT2D eigenvalue weighted by Crippen LogP contribution is -2.37. The van der Waals surface area contributed by atoms with Crippen molar-refractivity contribution >= 4 is 70.2 Å². The summed E-state index contributed by atoms with van der Waals surface area (Å²) in [5.41, 5.74) is 5.52. The number of hydrogen-bond acceptors (Lipinski definition) is 10. The Morgan fingerprint density at radius 1 is 1.18 bits per heavy atom. The molecule has 11 nitrogen and oxygen atoms in total. The number of nitrogens with two attached hydrogens (primary N) is 1. The van der Waals surface area contributed by atoms with E-state index in [-0.39, 0.29) is 59.2 Å². The molecular weight excluding hydrogens is 589 g/mol. The monoisotopic (exact) mass is 610 g/mol. The molecule has 2 heterocycles. The number of hydrogen-bond donors (Lipinski definition) is 4. The minimum atomic E-state index is -1.91. The number of halogens is 5. The number of dihydropyridines is 1. The minimum Gasteiger partial charge on any atom is -0.466 e. The summed E-state index contributed by atoms with van der Waals surface area (Å²) in [6.45, 7) is -1.51. The molecule has 38 heavy (non-hydrogen) atoms. The summed E-state index contributed by atoms with van der Waals surface area (Å²) < 4.78 is 28.2. The molecule has 0 spiro atoms. The fraction of sp³-hybridized carbons (Fsp3) is 0.364.